The van der Waals surface area contributed by atoms with Crippen LogP contribution < -0.4 is 15.8 Å². The van der Waals surface area contributed by atoms with E-state index in [0.717, 1.165) is 12.1 Å². The molecule has 0 radical (unpaired) electrons. The first-order valence-corrected chi connectivity index (χ1v) is 5.60. The van der Waals surface area contributed by atoms with Crippen molar-refractivity contribution in [2.45, 2.75) is 13.3 Å². The lowest BCUT2D eigenvalue weighted by atomic mass is 10.2. The van der Waals surface area contributed by atoms with Crippen molar-refractivity contribution in [2.75, 3.05) is 24.2 Å². The standard InChI is InChI=1S/C12H17ClN2O/c1-3-6-16-12-7-10(4-5-11(12)14)15-8-9(2)13/h4-5,7,15H,2-3,6,8,14H2,1H3. The van der Waals surface area contributed by atoms with Crippen molar-refractivity contribution in [3.63, 3.8) is 0 Å². The Bertz CT molecular complexity index is 366. The van der Waals surface area contributed by atoms with E-state index in [1.165, 1.54) is 0 Å². The van der Waals surface area contributed by atoms with Gasteiger partial charge in [-0.2, -0.15) is 0 Å². The largest absolute Gasteiger partial charge is 0.491 e. The lowest BCUT2D eigenvalue weighted by molar-refractivity contribution is 0.319. The maximum absolute atomic E-state index is 5.79. The molecule has 3 nitrogen and oxygen atoms in total. The maximum Gasteiger partial charge on any atom is 0.144 e. The molecule has 88 valence electrons. The summed E-state index contributed by atoms with van der Waals surface area (Å²) < 4.78 is 5.51. The fraction of sp³-hybridized carbons (Fsp3) is 0.333. The van der Waals surface area contributed by atoms with Gasteiger partial charge in [0.2, 0.25) is 0 Å². The summed E-state index contributed by atoms with van der Waals surface area (Å²) >= 11 is 5.67. The van der Waals surface area contributed by atoms with E-state index in [1.807, 2.05) is 18.2 Å². The minimum Gasteiger partial charge on any atom is -0.491 e. The predicted molar refractivity (Wildman–Crippen MR) is 70.1 cm³/mol. The Kier molecular flexibility index (Phi) is 4.99. The van der Waals surface area contributed by atoms with E-state index in [4.69, 9.17) is 22.1 Å². The van der Waals surface area contributed by atoms with E-state index in [1.54, 1.807) is 0 Å². The summed E-state index contributed by atoms with van der Waals surface area (Å²) in [5.41, 5.74) is 7.35. The van der Waals surface area contributed by atoms with E-state index >= 15 is 0 Å². The van der Waals surface area contributed by atoms with Gasteiger partial charge in [-0.05, 0) is 18.6 Å². The highest BCUT2D eigenvalue weighted by molar-refractivity contribution is 6.29. The van der Waals surface area contributed by atoms with Gasteiger partial charge in [-0.1, -0.05) is 25.1 Å². The molecule has 0 aliphatic carbocycles. The molecule has 0 aromatic heterocycles. The normalized spacial score (nSPS) is 9.88. The van der Waals surface area contributed by atoms with Gasteiger partial charge >= 0.3 is 0 Å². The van der Waals surface area contributed by atoms with Gasteiger partial charge in [-0.25, -0.2) is 0 Å². The van der Waals surface area contributed by atoms with Crippen molar-refractivity contribution in [3.05, 3.63) is 29.8 Å². The van der Waals surface area contributed by atoms with E-state index in [2.05, 4.69) is 18.8 Å². The summed E-state index contributed by atoms with van der Waals surface area (Å²) in [6.45, 7) is 6.85. The number of rotatable bonds is 6. The Balaban J connectivity index is 2.68. The Morgan fingerprint density at radius 2 is 2.31 bits per heavy atom. The van der Waals surface area contributed by atoms with Crippen LogP contribution in [0.25, 0.3) is 0 Å². The van der Waals surface area contributed by atoms with Crippen LogP contribution in [0.1, 0.15) is 13.3 Å². The number of ether oxygens (including phenoxy) is 1. The quantitative estimate of drug-likeness (QED) is 0.751. The summed E-state index contributed by atoms with van der Waals surface area (Å²) in [7, 11) is 0. The molecule has 0 spiro atoms. The molecule has 1 rings (SSSR count). The van der Waals surface area contributed by atoms with E-state index in [0.29, 0.717) is 29.6 Å². The monoisotopic (exact) mass is 240 g/mol. The number of nitrogens with one attached hydrogen (secondary N) is 1. The first-order chi connectivity index (χ1) is 7.63. The van der Waals surface area contributed by atoms with Crippen molar-refractivity contribution < 1.29 is 4.74 Å². The van der Waals surface area contributed by atoms with Crippen LogP contribution in [-0.4, -0.2) is 13.2 Å². The van der Waals surface area contributed by atoms with Gasteiger partial charge in [0.1, 0.15) is 5.75 Å². The number of hydrogen-bond donors (Lipinski definition) is 2. The highest BCUT2D eigenvalue weighted by Crippen LogP contribution is 2.25. The second-order valence-electron chi connectivity index (χ2n) is 3.47. The minimum absolute atomic E-state index is 0.526. The second-order valence-corrected chi connectivity index (χ2v) is 4.01. The van der Waals surface area contributed by atoms with Crippen LogP contribution in [0.3, 0.4) is 0 Å². The Morgan fingerprint density at radius 1 is 1.56 bits per heavy atom. The first kappa shape index (κ1) is 12.7. The zero-order valence-corrected chi connectivity index (χ0v) is 10.2. The molecule has 0 bridgehead atoms. The third-order valence-electron chi connectivity index (χ3n) is 1.96. The van der Waals surface area contributed by atoms with Crippen molar-refractivity contribution in [2.24, 2.45) is 0 Å². The Labute approximate surface area is 101 Å². The number of halogens is 1. The Morgan fingerprint density at radius 3 is 2.94 bits per heavy atom. The van der Waals surface area contributed by atoms with Crippen molar-refractivity contribution >= 4 is 23.0 Å². The molecule has 16 heavy (non-hydrogen) atoms. The first-order valence-electron chi connectivity index (χ1n) is 5.23. The lowest BCUT2D eigenvalue weighted by Gasteiger charge is -2.11. The molecule has 3 N–H and O–H groups in total. The van der Waals surface area contributed by atoms with Crippen LogP contribution >= 0.6 is 11.6 Å². The minimum atomic E-state index is 0.526. The topological polar surface area (TPSA) is 47.3 Å². The lowest BCUT2D eigenvalue weighted by Crippen LogP contribution is -2.03. The van der Waals surface area contributed by atoms with Crippen LogP contribution in [0.5, 0.6) is 5.75 Å². The van der Waals surface area contributed by atoms with Gasteiger partial charge in [0.05, 0.1) is 18.8 Å². The highest BCUT2D eigenvalue weighted by atomic mass is 35.5. The number of anilines is 2. The number of nitrogens with two attached hydrogens (primary N) is 1. The smallest absolute Gasteiger partial charge is 0.144 e. The van der Waals surface area contributed by atoms with Crippen LogP contribution in [0.2, 0.25) is 0 Å². The molecule has 0 aliphatic heterocycles. The van der Waals surface area contributed by atoms with Crippen molar-refractivity contribution in [3.8, 4) is 5.75 Å². The predicted octanol–water partition coefficient (Wildman–Crippen LogP) is 3.22. The van der Waals surface area contributed by atoms with E-state index in [-0.39, 0.29) is 0 Å². The molecular weight excluding hydrogens is 224 g/mol. The summed E-state index contributed by atoms with van der Waals surface area (Å²) in [4.78, 5) is 0. The number of nitrogen functional groups attached to an aromatic ring is 1. The molecule has 0 atom stereocenters. The molecule has 0 unspecified atom stereocenters. The fourth-order valence-electron chi connectivity index (χ4n) is 1.18. The maximum atomic E-state index is 5.79. The van der Waals surface area contributed by atoms with Crippen molar-refractivity contribution in [1.29, 1.82) is 0 Å². The van der Waals surface area contributed by atoms with Crippen molar-refractivity contribution in [1.82, 2.24) is 0 Å². The molecule has 0 heterocycles. The van der Waals surface area contributed by atoms with Crippen LogP contribution in [-0.2, 0) is 0 Å². The van der Waals surface area contributed by atoms with Gasteiger partial charge in [0.25, 0.3) is 0 Å². The molecule has 4 heteroatoms. The van der Waals surface area contributed by atoms with E-state index < -0.39 is 0 Å². The Hall–Kier alpha value is -1.35. The summed E-state index contributed by atoms with van der Waals surface area (Å²) in [6.07, 6.45) is 0.954. The summed E-state index contributed by atoms with van der Waals surface area (Å²) in [5, 5.41) is 3.68. The van der Waals surface area contributed by atoms with Gasteiger partial charge in [-0.3, -0.25) is 0 Å². The number of hydrogen-bond acceptors (Lipinski definition) is 3. The average molecular weight is 241 g/mol. The summed E-state index contributed by atoms with van der Waals surface area (Å²) in [6, 6.07) is 5.56. The molecule has 0 saturated carbocycles. The highest BCUT2D eigenvalue weighted by Gasteiger charge is 2.02. The zero-order chi connectivity index (χ0) is 12.0. The molecular formula is C12H17ClN2O. The molecule has 0 aliphatic rings. The number of benzene rings is 1. The van der Waals surface area contributed by atoms with Gasteiger partial charge in [0.15, 0.2) is 0 Å². The van der Waals surface area contributed by atoms with Crippen LogP contribution in [0.15, 0.2) is 29.8 Å². The van der Waals surface area contributed by atoms with Gasteiger partial charge in [-0.15, -0.1) is 0 Å². The molecule has 0 amide bonds. The third kappa shape index (κ3) is 4.03. The van der Waals surface area contributed by atoms with Crippen LogP contribution in [0.4, 0.5) is 11.4 Å². The SMILES string of the molecule is C=C(Cl)CNc1ccc(N)c(OCCC)c1. The van der Waals surface area contributed by atoms with Crippen LogP contribution in [0, 0.1) is 0 Å². The van der Waals surface area contributed by atoms with Gasteiger partial charge in [0, 0.05) is 16.8 Å². The fourth-order valence-corrected chi connectivity index (χ4v) is 1.25. The molecule has 0 saturated heterocycles. The third-order valence-corrected chi connectivity index (χ3v) is 2.09. The van der Waals surface area contributed by atoms with Gasteiger partial charge < -0.3 is 15.8 Å². The molecule has 0 fully saturated rings. The molecule has 1 aromatic carbocycles. The average Bonchev–Trinajstić information content (AvgIpc) is 2.26. The van der Waals surface area contributed by atoms with E-state index in [9.17, 15) is 0 Å². The summed E-state index contributed by atoms with van der Waals surface area (Å²) in [5.74, 6) is 0.701. The molecule has 1 aromatic rings. The zero-order valence-electron chi connectivity index (χ0n) is 9.42. The second kappa shape index (κ2) is 6.28.